The summed E-state index contributed by atoms with van der Waals surface area (Å²) in [5.74, 6) is 1.85. The van der Waals surface area contributed by atoms with Gasteiger partial charge in [0, 0.05) is 55.0 Å². The van der Waals surface area contributed by atoms with E-state index < -0.39 is 0 Å². The molecule has 1 N–H and O–H groups in total. The molecule has 34 heavy (non-hydrogen) atoms. The predicted molar refractivity (Wildman–Crippen MR) is 139 cm³/mol. The SMILES string of the molecule is CCC(=O)Cc1ccc(Sc2nc(Nc3ncc(C(C)C)s3)nc(N3CCN(C)CC3)n2)cc1. The minimum absolute atomic E-state index is 0.244. The van der Waals surface area contributed by atoms with Gasteiger partial charge in [0.05, 0.1) is 0 Å². The number of hydrogen-bond donors (Lipinski definition) is 1. The number of rotatable bonds is 9. The molecule has 3 aromatic rings. The van der Waals surface area contributed by atoms with E-state index in [9.17, 15) is 4.79 Å². The van der Waals surface area contributed by atoms with E-state index in [2.05, 4.69) is 46.0 Å². The van der Waals surface area contributed by atoms with Crippen molar-refractivity contribution in [1.29, 1.82) is 0 Å². The van der Waals surface area contributed by atoms with Crippen molar-refractivity contribution in [3.05, 3.63) is 40.9 Å². The highest BCUT2D eigenvalue weighted by molar-refractivity contribution is 7.99. The van der Waals surface area contributed by atoms with Crippen LogP contribution >= 0.6 is 23.1 Å². The minimum Gasteiger partial charge on any atom is -0.338 e. The average Bonchev–Trinajstić information content (AvgIpc) is 3.29. The summed E-state index contributed by atoms with van der Waals surface area (Å²) >= 11 is 3.11. The van der Waals surface area contributed by atoms with Crippen molar-refractivity contribution in [1.82, 2.24) is 24.8 Å². The van der Waals surface area contributed by atoms with Crippen LogP contribution in [0.25, 0.3) is 0 Å². The maximum atomic E-state index is 11.7. The lowest BCUT2D eigenvalue weighted by Crippen LogP contribution is -2.45. The number of nitrogens with zero attached hydrogens (tertiary/aromatic N) is 6. The molecule has 1 aromatic carbocycles. The van der Waals surface area contributed by atoms with Crippen LogP contribution in [0, 0.1) is 0 Å². The average molecular weight is 498 g/mol. The second-order valence-corrected chi connectivity index (χ2v) is 10.8. The third-order valence-electron chi connectivity index (χ3n) is 5.63. The van der Waals surface area contributed by atoms with E-state index in [1.165, 1.54) is 16.6 Å². The first kappa shape index (κ1) is 24.6. The molecule has 2 aromatic heterocycles. The summed E-state index contributed by atoms with van der Waals surface area (Å²) in [6, 6.07) is 8.04. The minimum atomic E-state index is 0.244. The number of hydrogen-bond acceptors (Lipinski definition) is 10. The smallest absolute Gasteiger partial charge is 0.234 e. The van der Waals surface area contributed by atoms with Gasteiger partial charge in [-0.25, -0.2) is 4.98 Å². The number of benzene rings is 1. The largest absolute Gasteiger partial charge is 0.338 e. The fourth-order valence-corrected chi connectivity index (χ4v) is 4.99. The monoisotopic (exact) mass is 497 g/mol. The molecule has 4 rings (SSSR count). The Hall–Kier alpha value is -2.56. The molecule has 1 aliphatic rings. The summed E-state index contributed by atoms with van der Waals surface area (Å²) in [4.78, 5) is 37.1. The van der Waals surface area contributed by atoms with Crippen LogP contribution in [0.2, 0.25) is 0 Å². The highest BCUT2D eigenvalue weighted by atomic mass is 32.2. The molecule has 0 saturated carbocycles. The molecule has 0 unspecified atom stereocenters. The summed E-state index contributed by atoms with van der Waals surface area (Å²) in [6.07, 6.45) is 2.94. The Bertz CT molecular complexity index is 1110. The Morgan fingerprint density at radius 2 is 1.85 bits per heavy atom. The van der Waals surface area contributed by atoms with Crippen LogP contribution < -0.4 is 10.2 Å². The van der Waals surface area contributed by atoms with E-state index in [0.717, 1.165) is 41.8 Å². The van der Waals surface area contributed by atoms with Crippen LogP contribution in [-0.2, 0) is 11.2 Å². The molecule has 0 aliphatic carbocycles. The molecular weight excluding hydrogens is 466 g/mol. The van der Waals surface area contributed by atoms with E-state index in [1.54, 1.807) is 11.3 Å². The Kier molecular flexibility index (Phi) is 8.12. The molecule has 1 aliphatic heterocycles. The van der Waals surface area contributed by atoms with Gasteiger partial charge in [0.1, 0.15) is 5.78 Å². The molecule has 1 saturated heterocycles. The molecular formula is C24H31N7OS2. The third kappa shape index (κ3) is 6.52. The van der Waals surface area contributed by atoms with Crippen LogP contribution in [0.5, 0.6) is 0 Å². The lowest BCUT2D eigenvalue weighted by Gasteiger charge is -2.32. The zero-order valence-corrected chi connectivity index (χ0v) is 21.7. The lowest BCUT2D eigenvalue weighted by atomic mass is 10.1. The topological polar surface area (TPSA) is 87.1 Å². The summed E-state index contributed by atoms with van der Waals surface area (Å²) in [5, 5.41) is 4.70. The zero-order valence-electron chi connectivity index (χ0n) is 20.1. The van der Waals surface area contributed by atoms with Crippen molar-refractivity contribution in [2.75, 3.05) is 43.4 Å². The predicted octanol–water partition coefficient (Wildman–Crippen LogP) is 4.62. The van der Waals surface area contributed by atoms with Crippen molar-refractivity contribution < 1.29 is 4.79 Å². The van der Waals surface area contributed by atoms with Crippen LogP contribution in [0.3, 0.4) is 0 Å². The zero-order chi connectivity index (χ0) is 24.1. The van der Waals surface area contributed by atoms with Gasteiger partial charge in [0.2, 0.25) is 11.9 Å². The maximum Gasteiger partial charge on any atom is 0.234 e. The number of aromatic nitrogens is 4. The van der Waals surface area contributed by atoms with E-state index in [4.69, 9.17) is 9.97 Å². The van der Waals surface area contributed by atoms with E-state index in [-0.39, 0.29) is 5.78 Å². The normalized spacial score (nSPS) is 14.6. The van der Waals surface area contributed by atoms with E-state index >= 15 is 0 Å². The number of ketones is 1. The molecule has 1 fully saturated rings. The molecule has 0 amide bonds. The van der Waals surface area contributed by atoms with Crippen molar-refractivity contribution in [3.63, 3.8) is 0 Å². The summed E-state index contributed by atoms with van der Waals surface area (Å²) in [6.45, 7) is 9.90. The molecule has 10 heteroatoms. The summed E-state index contributed by atoms with van der Waals surface area (Å²) in [5.41, 5.74) is 1.03. The number of carbonyl (C=O) groups is 1. The lowest BCUT2D eigenvalue weighted by molar-refractivity contribution is -0.118. The maximum absolute atomic E-state index is 11.7. The number of piperazine rings is 1. The first-order valence-corrected chi connectivity index (χ1v) is 13.2. The van der Waals surface area contributed by atoms with Gasteiger partial charge < -0.3 is 9.80 Å². The van der Waals surface area contributed by atoms with Crippen molar-refractivity contribution in [3.8, 4) is 0 Å². The van der Waals surface area contributed by atoms with Gasteiger partial charge in [0.15, 0.2) is 10.3 Å². The Balaban J connectivity index is 1.56. The second-order valence-electron chi connectivity index (χ2n) is 8.69. The van der Waals surface area contributed by atoms with Gasteiger partial charge in [-0.15, -0.1) is 11.3 Å². The number of thiazole rings is 1. The second kappa shape index (κ2) is 11.2. The standard InChI is InChI=1S/C24H31N7OS2/c1-5-18(32)14-17-6-8-19(9-7-17)33-24-28-21(27-23-25-15-20(34-23)16(2)3)26-22(29-24)31-12-10-30(4)11-13-31/h6-9,15-16H,5,10-14H2,1-4H3,(H,25,26,27,28,29). The summed E-state index contributed by atoms with van der Waals surface area (Å²) < 4.78 is 0. The highest BCUT2D eigenvalue weighted by Gasteiger charge is 2.19. The molecule has 0 radical (unpaired) electrons. The van der Waals surface area contributed by atoms with Crippen LogP contribution in [0.4, 0.5) is 17.0 Å². The van der Waals surface area contributed by atoms with E-state index in [1.807, 2.05) is 37.4 Å². The quantitative estimate of drug-likeness (QED) is 0.455. The summed E-state index contributed by atoms with van der Waals surface area (Å²) in [7, 11) is 2.13. The van der Waals surface area contributed by atoms with Crippen molar-refractivity contribution in [2.45, 2.75) is 49.6 Å². The van der Waals surface area contributed by atoms with Crippen LogP contribution in [-0.4, -0.2) is 63.8 Å². The molecule has 0 bridgehead atoms. The van der Waals surface area contributed by atoms with Crippen LogP contribution in [0.1, 0.15) is 43.6 Å². The van der Waals surface area contributed by atoms with Crippen LogP contribution in [0.15, 0.2) is 40.5 Å². The number of anilines is 3. The number of likely N-dealkylation sites (N-methyl/N-ethyl adjacent to an activating group) is 1. The number of Topliss-reactive ketones (excluding diaryl/α,β-unsaturated/α-hetero) is 1. The fraction of sp³-hybridized carbons (Fsp3) is 0.458. The van der Waals surface area contributed by atoms with Gasteiger partial charge in [-0.2, -0.15) is 15.0 Å². The Labute approximate surface area is 209 Å². The van der Waals surface area contributed by atoms with Gasteiger partial charge in [-0.1, -0.05) is 32.9 Å². The molecule has 8 nitrogen and oxygen atoms in total. The van der Waals surface area contributed by atoms with Crippen molar-refractivity contribution in [2.24, 2.45) is 0 Å². The van der Waals surface area contributed by atoms with Gasteiger partial charge >= 0.3 is 0 Å². The Morgan fingerprint density at radius 3 is 2.50 bits per heavy atom. The molecule has 3 heterocycles. The number of carbonyl (C=O) groups excluding carboxylic acids is 1. The first-order valence-electron chi connectivity index (χ1n) is 11.6. The fourth-order valence-electron chi connectivity index (χ4n) is 3.44. The van der Waals surface area contributed by atoms with E-state index in [0.29, 0.717) is 35.8 Å². The molecule has 0 atom stereocenters. The highest BCUT2D eigenvalue weighted by Crippen LogP contribution is 2.30. The first-order chi connectivity index (χ1) is 16.4. The Morgan fingerprint density at radius 1 is 1.12 bits per heavy atom. The molecule has 0 spiro atoms. The van der Waals surface area contributed by atoms with Crippen molar-refractivity contribution >= 4 is 45.9 Å². The van der Waals surface area contributed by atoms with Gasteiger partial charge in [-0.05, 0) is 42.4 Å². The van der Waals surface area contributed by atoms with Gasteiger partial charge in [0.25, 0.3) is 0 Å². The number of nitrogens with one attached hydrogen (secondary N) is 1. The third-order valence-corrected chi connectivity index (χ3v) is 7.72. The van der Waals surface area contributed by atoms with Gasteiger partial charge in [-0.3, -0.25) is 10.1 Å². The molecule has 180 valence electrons.